The molecule has 1 aliphatic heterocycles. The number of likely N-dealkylation sites (tertiary alicyclic amines) is 1. The average Bonchev–Trinajstić information content (AvgIpc) is 2.95. The Bertz CT molecular complexity index is 1310. The molecule has 3 aromatic carbocycles. The summed E-state index contributed by atoms with van der Waals surface area (Å²) in [5, 5.41) is 7.65. The maximum atomic E-state index is 12.5. The Morgan fingerprint density at radius 2 is 1.57 bits per heavy atom. The van der Waals surface area contributed by atoms with E-state index in [1.54, 1.807) is 12.4 Å². The zero-order valence-corrected chi connectivity index (χ0v) is 20.9. The van der Waals surface area contributed by atoms with Gasteiger partial charge >= 0.3 is 6.03 Å². The van der Waals surface area contributed by atoms with Crippen molar-refractivity contribution in [1.82, 2.24) is 15.2 Å². The van der Waals surface area contributed by atoms with Crippen molar-refractivity contribution in [3.8, 4) is 17.2 Å². The molecule has 0 radical (unpaired) electrons. The van der Waals surface area contributed by atoms with E-state index < -0.39 is 0 Å². The van der Waals surface area contributed by atoms with Crippen molar-refractivity contribution in [2.45, 2.75) is 25.8 Å². The lowest BCUT2D eigenvalue weighted by molar-refractivity contribution is 0.183. The van der Waals surface area contributed by atoms with E-state index in [0.717, 1.165) is 40.1 Å². The second kappa shape index (κ2) is 12.2. The predicted molar refractivity (Wildman–Crippen MR) is 146 cm³/mol. The molecular formula is C30H32N4O3. The zero-order valence-electron chi connectivity index (χ0n) is 20.9. The summed E-state index contributed by atoms with van der Waals surface area (Å²) in [7, 11) is 0. The Labute approximate surface area is 217 Å². The fourth-order valence-corrected chi connectivity index (χ4v) is 4.53. The molecule has 2 N–H and O–H groups in total. The first-order valence-electron chi connectivity index (χ1n) is 12.8. The Kier molecular flexibility index (Phi) is 8.13. The third-order valence-corrected chi connectivity index (χ3v) is 6.51. The molecule has 1 saturated heterocycles. The first-order valence-corrected chi connectivity index (χ1v) is 12.8. The standard InChI is InChI=1S/C30H32N4O3/c35-30(32-22-23-14-16-31-17-15-23)33-28-12-13-29(27-7-3-2-6-26(27)28)37-25-10-8-24(9-11-25)36-21-20-34-18-4-1-5-19-34/h2-3,6-17H,1,4-5,18-22H2,(H2,32,33,35). The van der Waals surface area contributed by atoms with Crippen LogP contribution in [0.5, 0.6) is 17.2 Å². The number of nitrogens with zero attached hydrogens (tertiary/aromatic N) is 2. The Balaban J connectivity index is 1.20. The third kappa shape index (κ3) is 6.77. The number of nitrogens with one attached hydrogen (secondary N) is 2. The molecule has 4 aromatic rings. The van der Waals surface area contributed by atoms with Gasteiger partial charge in [0.25, 0.3) is 0 Å². The van der Waals surface area contributed by atoms with E-state index >= 15 is 0 Å². The van der Waals surface area contributed by atoms with Gasteiger partial charge < -0.3 is 20.1 Å². The van der Waals surface area contributed by atoms with Gasteiger partial charge in [0.1, 0.15) is 23.9 Å². The van der Waals surface area contributed by atoms with Crippen molar-refractivity contribution in [2.24, 2.45) is 0 Å². The number of urea groups is 1. The molecule has 1 aliphatic rings. The SMILES string of the molecule is O=C(NCc1ccncc1)Nc1ccc(Oc2ccc(OCCN3CCCCC3)cc2)c2ccccc12. The van der Waals surface area contributed by atoms with Gasteiger partial charge in [0.2, 0.25) is 0 Å². The number of hydrogen-bond donors (Lipinski definition) is 2. The van der Waals surface area contributed by atoms with Crippen molar-refractivity contribution >= 4 is 22.5 Å². The summed E-state index contributed by atoms with van der Waals surface area (Å²) in [6.45, 7) is 4.43. The van der Waals surface area contributed by atoms with E-state index in [1.807, 2.05) is 72.8 Å². The minimum Gasteiger partial charge on any atom is -0.492 e. The maximum absolute atomic E-state index is 12.5. The topological polar surface area (TPSA) is 75.7 Å². The largest absolute Gasteiger partial charge is 0.492 e. The van der Waals surface area contributed by atoms with Crippen LogP contribution in [0.4, 0.5) is 10.5 Å². The van der Waals surface area contributed by atoms with Gasteiger partial charge in [0.15, 0.2) is 0 Å². The number of rotatable bonds is 9. The molecule has 7 nitrogen and oxygen atoms in total. The minimum atomic E-state index is -0.272. The van der Waals surface area contributed by atoms with Crippen LogP contribution in [0.25, 0.3) is 10.8 Å². The highest BCUT2D eigenvalue weighted by Crippen LogP contribution is 2.34. The van der Waals surface area contributed by atoms with Crippen LogP contribution in [-0.2, 0) is 6.54 Å². The number of benzene rings is 3. The maximum Gasteiger partial charge on any atom is 0.319 e. The van der Waals surface area contributed by atoms with Crippen LogP contribution >= 0.6 is 0 Å². The van der Waals surface area contributed by atoms with E-state index in [0.29, 0.717) is 18.8 Å². The van der Waals surface area contributed by atoms with Crippen molar-refractivity contribution in [3.63, 3.8) is 0 Å². The summed E-state index contributed by atoms with van der Waals surface area (Å²) in [4.78, 5) is 19.0. The van der Waals surface area contributed by atoms with Crippen LogP contribution in [0, 0.1) is 0 Å². The van der Waals surface area contributed by atoms with Crippen molar-refractivity contribution in [3.05, 3.63) is 90.8 Å². The second-order valence-corrected chi connectivity index (χ2v) is 9.14. The van der Waals surface area contributed by atoms with Gasteiger partial charge in [-0.15, -0.1) is 0 Å². The first-order chi connectivity index (χ1) is 18.2. The monoisotopic (exact) mass is 496 g/mol. The molecule has 0 saturated carbocycles. The summed E-state index contributed by atoms with van der Waals surface area (Å²) in [6.07, 6.45) is 7.33. The van der Waals surface area contributed by atoms with E-state index in [1.165, 1.54) is 32.4 Å². The van der Waals surface area contributed by atoms with Crippen LogP contribution in [0.2, 0.25) is 0 Å². The molecule has 2 amide bonds. The summed E-state index contributed by atoms with van der Waals surface area (Å²) >= 11 is 0. The van der Waals surface area contributed by atoms with Crippen LogP contribution in [0.3, 0.4) is 0 Å². The summed E-state index contributed by atoms with van der Waals surface area (Å²) in [5.41, 5.74) is 1.70. The number of anilines is 1. The summed E-state index contributed by atoms with van der Waals surface area (Å²) < 4.78 is 12.2. The molecule has 2 heterocycles. The number of aromatic nitrogens is 1. The average molecular weight is 497 g/mol. The van der Waals surface area contributed by atoms with E-state index in [9.17, 15) is 4.79 Å². The Morgan fingerprint density at radius 1 is 0.838 bits per heavy atom. The molecule has 0 atom stereocenters. The van der Waals surface area contributed by atoms with Crippen LogP contribution in [0.1, 0.15) is 24.8 Å². The number of carbonyl (C=O) groups excluding carboxylic acids is 1. The third-order valence-electron chi connectivity index (χ3n) is 6.51. The lowest BCUT2D eigenvalue weighted by Crippen LogP contribution is -2.33. The highest BCUT2D eigenvalue weighted by molar-refractivity contribution is 6.03. The van der Waals surface area contributed by atoms with Gasteiger partial charge in [-0.25, -0.2) is 4.79 Å². The normalized spacial score (nSPS) is 13.7. The summed E-state index contributed by atoms with van der Waals surface area (Å²) in [5.74, 6) is 2.29. The van der Waals surface area contributed by atoms with Gasteiger partial charge in [-0.05, 0) is 80.0 Å². The lowest BCUT2D eigenvalue weighted by Gasteiger charge is -2.26. The molecule has 0 unspecified atom stereocenters. The fourth-order valence-electron chi connectivity index (χ4n) is 4.53. The smallest absolute Gasteiger partial charge is 0.319 e. The number of piperidine rings is 1. The molecule has 0 bridgehead atoms. The van der Waals surface area contributed by atoms with Gasteiger partial charge in [-0.2, -0.15) is 0 Å². The van der Waals surface area contributed by atoms with Crippen molar-refractivity contribution < 1.29 is 14.3 Å². The highest BCUT2D eigenvalue weighted by atomic mass is 16.5. The molecular weight excluding hydrogens is 464 g/mol. The lowest BCUT2D eigenvalue weighted by atomic mass is 10.1. The number of fused-ring (bicyclic) bond motifs is 1. The number of pyridine rings is 1. The van der Waals surface area contributed by atoms with E-state index in [-0.39, 0.29) is 6.03 Å². The molecule has 37 heavy (non-hydrogen) atoms. The molecule has 0 aliphatic carbocycles. The van der Waals surface area contributed by atoms with E-state index in [2.05, 4.69) is 20.5 Å². The highest BCUT2D eigenvalue weighted by Gasteiger charge is 2.12. The second-order valence-electron chi connectivity index (χ2n) is 9.14. The first kappa shape index (κ1) is 24.6. The molecule has 190 valence electrons. The quantitative estimate of drug-likeness (QED) is 0.288. The minimum absolute atomic E-state index is 0.272. The van der Waals surface area contributed by atoms with Gasteiger partial charge in [0, 0.05) is 36.3 Å². The summed E-state index contributed by atoms with van der Waals surface area (Å²) in [6, 6.07) is 22.8. The predicted octanol–water partition coefficient (Wildman–Crippen LogP) is 6.21. The number of hydrogen-bond acceptors (Lipinski definition) is 5. The molecule has 7 heteroatoms. The van der Waals surface area contributed by atoms with Crippen LogP contribution < -0.4 is 20.1 Å². The molecule has 1 fully saturated rings. The number of ether oxygens (including phenoxy) is 2. The molecule has 0 spiro atoms. The van der Waals surface area contributed by atoms with Crippen LogP contribution in [0.15, 0.2) is 85.2 Å². The van der Waals surface area contributed by atoms with Gasteiger partial charge in [-0.1, -0.05) is 30.7 Å². The number of amides is 2. The van der Waals surface area contributed by atoms with Gasteiger partial charge in [-0.3, -0.25) is 9.88 Å². The number of carbonyl (C=O) groups is 1. The fraction of sp³-hybridized carbons (Fsp3) is 0.267. The zero-order chi connectivity index (χ0) is 25.3. The molecule has 1 aromatic heterocycles. The van der Waals surface area contributed by atoms with Crippen LogP contribution in [-0.4, -0.2) is 42.2 Å². The Hall–Kier alpha value is -4.10. The van der Waals surface area contributed by atoms with Gasteiger partial charge in [0.05, 0.1) is 5.69 Å². The van der Waals surface area contributed by atoms with E-state index in [4.69, 9.17) is 9.47 Å². The van der Waals surface area contributed by atoms with Crippen molar-refractivity contribution in [2.75, 3.05) is 31.6 Å². The Morgan fingerprint density at radius 3 is 2.35 bits per heavy atom. The molecule has 5 rings (SSSR count). The van der Waals surface area contributed by atoms with Crippen molar-refractivity contribution in [1.29, 1.82) is 0 Å².